The summed E-state index contributed by atoms with van der Waals surface area (Å²) in [5.41, 5.74) is 0. The molecule has 0 aliphatic heterocycles. The molecule has 0 aromatic carbocycles. The van der Waals surface area contributed by atoms with E-state index in [-0.39, 0.29) is 13.2 Å². The van der Waals surface area contributed by atoms with Crippen molar-refractivity contribution >= 4 is 11.9 Å². The maximum Gasteiger partial charge on any atom is 0.347 e. The fraction of sp³-hybridized carbons (Fsp3) is 0.867. The van der Waals surface area contributed by atoms with Crippen LogP contribution in [0.1, 0.15) is 52.4 Å². The van der Waals surface area contributed by atoms with Gasteiger partial charge < -0.3 is 14.2 Å². The van der Waals surface area contributed by atoms with Crippen molar-refractivity contribution in [1.82, 2.24) is 0 Å². The van der Waals surface area contributed by atoms with E-state index in [1.54, 1.807) is 13.8 Å². The normalized spacial score (nSPS) is 16.1. The van der Waals surface area contributed by atoms with Gasteiger partial charge in [0.2, 0.25) is 0 Å². The first kappa shape index (κ1) is 17.0. The number of esters is 2. The van der Waals surface area contributed by atoms with Crippen molar-refractivity contribution in [3.63, 3.8) is 0 Å². The maximum absolute atomic E-state index is 11.7. The van der Waals surface area contributed by atoms with Crippen LogP contribution in [0.3, 0.4) is 0 Å². The van der Waals surface area contributed by atoms with Crippen LogP contribution in [-0.4, -0.2) is 37.9 Å². The molecular formula is C15H26O5. The number of carbonyl (C=O) groups excluding carboxylic acids is 2. The molecule has 0 heterocycles. The summed E-state index contributed by atoms with van der Waals surface area (Å²) in [6.45, 7) is 4.23. The molecule has 0 amide bonds. The highest BCUT2D eigenvalue weighted by Crippen LogP contribution is 2.26. The molecule has 1 aliphatic rings. The van der Waals surface area contributed by atoms with Gasteiger partial charge in [0.25, 0.3) is 6.10 Å². The summed E-state index contributed by atoms with van der Waals surface area (Å²) in [6, 6.07) is 0. The first-order chi connectivity index (χ1) is 9.69. The van der Waals surface area contributed by atoms with Gasteiger partial charge in [0.1, 0.15) is 0 Å². The molecular weight excluding hydrogens is 260 g/mol. The van der Waals surface area contributed by atoms with E-state index < -0.39 is 18.0 Å². The molecule has 0 unspecified atom stereocenters. The monoisotopic (exact) mass is 286 g/mol. The van der Waals surface area contributed by atoms with Gasteiger partial charge in [-0.2, -0.15) is 0 Å². The lowest BCUT2D eigenvalue weighted by molar-refractivity contribution is -0.173. The average molecular weight is 286 g/mol. The topological polar surface area (TPSA) is 61.8 Å². The summed E-state index contributed by atoms with van der Waals surface area (Å²) in [7, 11) is 0. The minimum Gasteiger partial charge on any atom is -0.464 e. The lowest BCUT2D eigenvalue weighted by Crippen LogP contribution is -2.36. The largest absolute Gasteiger partial charge is 0.464 e. The third-order valence-electron chi connectivity index (χ3n) is 3.54. The molecule has 0 saturated heterocycles. The minimum atomic E-state index is -1.24. The van der Waals surface area contributed by atoms with Gasteiger partial charge in [-0.1, -0.05) is 32.1 Å². The number of ether oxygens (including phenoxy) is 3. The van der Waals surface area contributed by atoms with Crippen molar-refractivity contribution < 1.29 is 23.8 Å². The fourth-order valence-corrected chi connectivity index (χ4v) is 2.50. The van der Waals surface area contributed by atoms with Crippen LogP contribution >= 0.6 is 0 Å². The minimum absolute atomic E-state index is 0.223. The predicted octanol–water partition coefficient (Wildman–Crippen LogP) is 2.47. The van der Waals surface area contributed by atoms with Crippen LogP contribution < -0.4 is 0 Å². The Morgan fingerprint density at radius 1 is 1.00 bits per heavy atom. The van der Waals surface area contributed by atoms with Crippen molar-refractivity contribution in [1.29, 1.82) is 0 Å². The summed E-state index contributed by atoms with van der Waals surface area (Å²) in [5, 5.41) is 0. The van der Waals surface area contributed by atoms with Gasteiger partial charge in [0.15, 0.2) is 0 Å². The van der Waals surface area contributed by atoms with E-state index >= 15 is 0 Å². The summed E-state index contributed by atoms with van der Waals surface area (Å²) in [5.74, 6) is -0.669. The predicted molar refractivity (Wildman–Crippen MR) is 74.2 cm³/mol. The second-order valence-electron chi connectivity index (χ2n) is 5.05. The van der Waals surface area contributed by atoms with Crippen LogP contribution in [0.25, 0.3) is 0 Å². The summed E-state index contributed by atoms with van der Waals surface area (Å²) in [6.07, 6.45) is 5.92. The molecule has 0 bridgehead atoms. The Bertz CT molecular complexity index is 279. The van der Waals surface area contributed by atoms with E-state index in [4.69, 9.17) is 14.2 Å². The zero-order valence-corrected chi connectivity index (χ0v) is 12.6. The van der Waals surface area contributed by atoms with E-state index in [9.17, 15) is 9.59 Å². The fourth-order valence-electron chi connectivity index (χ4n) is 2.50. The average Bonchev–Trinajstić information content (AvgIpc) is 2.45. The molecule has 5 nitrogen and oxygen atoms in total. The maximum atomic E-state index is 11.7. The molecule has 0 N–H and O–H groups in total. The van der Waals surface area contributed by atoms with E-state index in [1.165, 1.54) is 32.1 Å². The molecule has 0 aromatic heterocycles. The van der Waals surface area contributed by atoms with Crippen molar-refractivity contribution in [2.75, 3.05) is 19.8 Å². The lowest BCUT2D eigenvalue weighted by Gasteiger charge is -2.22. The second-order valence-corrected chi connectivity index (χ2v) is 5.05. The van der Waals surface area contributed by atoms with Crippen molar-refractivity contribution in [3.8, 4) is 0 Å². The Morgan fingerprint density at radius 3 is 2.05 bits per heavy atom. The first-order valence-corrected chi connectivity index (χ1v) is 7.63. The Hall–Kier alpha value is -1.10. The molecule has 0 spiro atoms. The van der Waals surface area contributed by atoms with Gasteiger partial charge in [-0.15, -0.1) is 0 Å². The van der Waals surface area contributed by atoms with E-state index in [2.05, 4.69) is 0 Å². The molecule has 116 valence electrons. The molecule has 0 radical (unpaired) electrons. The zero-order valence-electron chi connectivity index (χ0n) is 12.6. The van der Waals surface area contributed by atoms with Gasteiger partial charge in [-0.05, 0) is 26.2 Å². The highest BCUT2D eigenvalue weighted by Gasteiger charge is 2.30. The van der Waals surface area contributed by atoms with Crippen LogP contribution in [0.15, 0.2) is 0 Å². The summed E-state index contributed by atoms with van der Waals surface area (Å²) >= 11 is 0. The SMILES string of the molecule is CCOC(=O)C(OCCC1CCCCC1)C(=O)OCC. The number of carbonyl (C=O) groups is 2. The highest BCUT2D eigenvalue weighted by molar-refractivity contribution is 5.98. The Labute approximate surface area is 121 Å². The summed E-state index contributed by atoms with van der Waals surface area (Å²) in [4.78, 5) is 23.4. The third-order valence-corrected chi connectivity index (χ3v) is 3.54. The number of hydrogen-bond donors (Lipinski definition) is 0. The molecule has 1 fully saturated rings. The van der Waals surface area contributed by atoms with Crippen LogP contribution in [-0.2, 0) is 23.8 Å². The van der Waals surface area contributed by atoms with Crippen molar-refractivity contribution in [2.24, 2.45) is 5.92 Å². The van der Waals surface area contributed by atoms with Gasteiger partial charge >= 0.3 is 11.9 Å². The molecule has 1 rings (SSSR count). The van der Waals surface area contributed by atoms with E-state index in [1.807, 2.05) is 0 Å². The molecule has 0 aromatic rings. The Kier molecular flexibility index (Phi) is 8.26. The van der Waals surface area contributed by atoms with Crippen LogP contribution in [0.5, 0.6) is 0 Å². The molecule has 0 atom stereocenters. The molecule has 1 aliphatic carbocycles. The van der Waals surface area contributed by atoms with Gasteiger partial charge in [0, 0.05) is 6.61 Å². The second kappa shape index (κ2) is 9.75. The van der Waals surface area contributed by atoms with Gasteiger partial charge in [0.05, 0.1) is 13.2 Å². The van der Waals surface area contributed by atoms with Crippen molar-refractivity contribution in [2.45, 2.75) is 58.5 Å². The van der Waals surface area contributed by atoms with Gasteiger partial charge in [-0.3, -0.25) is 0 Å². The van der Waals surface area contributed by atoms with Crippen LogP contribution in [0, 0.1) is 5.92 Å². The smallest absolute Gasteiger partial charge is 0.347 e. The lowest BCUT2D eigenvalue weighted by atomic mass is 9.87. The Balaban J connectivity index is 2.38. The van der Waals surface area contributed by atoms with Crippen LogP contribution in [0.2, 0.25) is 0 Å². The quantitative estimate of drug-likeness (QED) is 0.506. The molecule has 1 saturated carbocycles. The number of rotatable bonds is 8. The molecule has 20 heavy (non-hydrogen) atoms. The van der Waals surface area contributed by atoms with E-state index in [0.29, 0.717) is 12.5 Å². The van der Waals surface area contributed by atoms with Gasteiger partial charge in [-0.25, -0.2) is 9.59 Å². The highest BCUT2D eigenvalue weighted by atomic mass is 16.6. The molecule has 5 heteroatoms. The standard InChI is InChI=1S/C15H26O5/c1-3-18-14(16)13(15(17)19-4-2)20-11-10-12-8-6-5-7-9-12/h12-13H,3-11H2,1-2H3. The Morgan fingerprint density at radius 2 is 1.55 bits per heavy atom. The first-order valence-electron chi connectivity index (χ1n) is 7.63. The van der Waals surface area contributed by atoms with E-state index in [0.717, 1.165) is 6.42 Å². The number of hydrogen-bond acceptors (Lipinski definition) is 5. The summed E-state index contributed by atoms with van der Waals surface area (Å²) < 4.78 is 15.1. The zero-order chi connectivity index (χ0) is 14.8. The third kappa shape index (κ3) is 5.90. The van der Waals surface area contributed by atoms with Crippen molar-refractivity contribution in [3.05, 3.63) is 0 Å². The van der Waals surface area contributed by atoms with Crippen LogP contribution in [0.4, 0.5) is 0 Å².